The van der Waals surface area contributed by atoms with Gasteiger partial charge in [0.25, 0.3) is 0 Å². The molecule has 0 aromatic carbocycles. The van der Waals surface area contributed by atoms with Gasteiger partial charge in [0.1, 0.15) is 24.4 Å². The van der Waals surface area contributed by atoms with Crippen LogP contribution >= 0.6 is 0 Å². The van der Waals surface area contributed by atoms with Gasteiger partial charge in [0.15, 0.2) is 6.29 Å². The van der Waals surface area contributed by atoms with Crippen molar-refractivity contribution in [2.75, 3.05) is 13.2 Å². The molecule has 0 bridgehead atoms. The number of unbranched alkanes of at least 4 members (excludes halogenated alkanes) is 22. The number of carbonyl (C=O) groups excluding carboxylic acids is 1. The standard InChI is InChI=1S/C65H111NO8/c1-3-5-7-9-11-13-15-16-17-18-19-20-21-22-23-24-25-26-27-28-29-30-31-32-33-34-35-36-37-38-39-40-41-42-43-44-45-47-49-51-53-55-61(69)66-58(57-73-65-64(72)63(71)62(70)60(56-67)74-65)59(68)54-52-50-48-46-14-12-10-8-6-4-2/h5,7,11,13,16-17,19-20,22-23,25-26,28-29,31-32,34-35,58-60,62-65,67-68,70-72H,3-4,6,8-10,12,14-15,18,21,24,27,30,33,36-57H2,1-2H3,(H,66,69)/b7-5-,13-11-,17-16-,20-19-,23-22-,26-25-,29-28-,32-31-,35-34-. The Morgan fingerprint density at radius 2 is 0.838 bits per heavy atom. The highest BCUT2D eigenvalue weighted by atomic mass is 16.7. The smallest absolute Gasteiger partial charge is 0.220 e. The molecule has 6 N–H and O–H groups in total. The summed E-state index contributed by atoms with van der Waals surface area (Å²) < 4.78 is 11.3. The van der Waals surface area contributed by atoms with E-state index in [-0.39, 0.29) is 12.5 Å². The van der Waals surface area contributed by atoms with Gasteiger partial charge in [-0.2, -0.15) is 0 Å². The molecule has 9 heteroatoms. The summed E-state index contributed by atoms with van der Waals surface area (Å²) in [7, 11) is 0. The van der Waals surface area contributed by atoms with Crippen LogP contribution in [0.25, 0.3) is 0 Å². The second-order valence-corrected chi connectivity index (χ2v) is 20.4. The predicted octanol–water partition coefficient (Wildman–Crippen LogP) is 15.3. The Labute approximate surface area is 453 Å². The Hall–Kier alpha value is -3.15. The molecular weight excluding hydrogens is 923 g/mol. The van der Waals surface area contributed by atoms with E-state index in [2.05, 4.69) is 129 Å². The summed E-state index contributed by atoms with van der Waals surface area (Å²) in [6.07, 6.45) is 71.4. The number of amides is 1. The molecule has 74 heavy (non-hydrogen) atoms. The second kappa shape index (κ2) is 53.3. The summed E-state index contributed by atoms with van der Waals surface area (Å²) in [5, 5.41) is 54.5. The molecule has 0 aliphatic carbocycles. The van der Waals surface area contributed by atoms with Crippen molar-refractivity contribution >= 4 is 5.91 Å². The summed E-state index contributed by atoms with van der Waals surface area (Å²) in [5.74, 6) is -0.151. The molecule has 0 radical (unpaired) electrons. The third-order valence-electron chi connectivity index (χ3n) is 13.6. The Morgan fingerprint density at radius 3 is 1.24 bits per heavy atom. The summed E-state index contributed by atoms with van der Waals surface area (Å²) in [6, 6.07) is -0.723. The van der Waals surface area contributed by atoms with Gasteiger partial charge in [-0.25, -0.2) is 0 Å². The van der Waals surface area contributed by atoms with E-state index in [1.165, 1.54) is 116 Å². The van der Waals surface area contributed by atoms with E-state index in [9.17, 15) is 30.3 Å². The minimum atomic E-state index is -1.56. The largest absolute Gasteiger partial charge is 0.394 e. The van der Waals surface area contributed by atoms with Crippen LogP contribution < -0.4 is 5.32 Å². The average molecular weight is 1030 g/mol. The normalized spacial score (nSPS) is 19.8. The molecule has 1 amide bonds. The van der Waals surface area contributed by atoms with Gasteiger partial charge in [-0.1, -0.05) is 258 Å². The van der Waals surface area contributed by atoms with Crippen molar-refractivity contribution in [1.82, 2.24) is 5.32 Å². The minimum Gasteiger partial charge on any atom is -0.394 e. The lowest BCUT2D eigenvalue weighted by Gasteiger charge is -2.40. The third-order valence-corrected chi connectivity index (χ3v) is 13.6. The van der Waals surface area contributed by atoms with Crippen molar-refractivity contribution in [3.63, 3.8) is 0 Å². The first kappa shape index (κ1) is 68.9. The lowest BCUT2D eigenvalue weighted by molar-refractivity contribution is -0.302. The fraction of sp³-hybridized carbons (Fsp3) is 0.708. The molecule has 7 unspecified atom stereocenters. The SMILES string of the molecule is CC/C=C\C/C=C\C/C=C\C/C=C\C/C=C\C/C=C\C/C=C\C/C=C\C/C=C\CCCCCCCCCCCCCCCC(=O)NC(COC1OC(CO)C(O)C(O)C1O)C(O)CCCCCCCCCCCC. The zero-order chi connectivity index (χ0) is 53.6. The van der Waals surface area contributed by atoms with Gasteiger partial charge in [0.2, 0.25) is 5.91 Å². The number of hydrogen-bond acceptors (Lipinski definition) is 8. The van der Waals surface area contributed by atoms with Crippen LogP contribution in [0.5, 0.6) is 0 Å². The number of nitrogens with one attached hydrogen (secondary N) is 1. The summed E-state index contributed by atoms with van der Waals surface area (Å²) in [4.78, 5) is 13.0. The van der Waals surface area contributed by atoms with Crippen LogP contribution in [0.15, 0.2) is 109 Å². The number of aliphatic hydroxyl groups excluding tert-OH is 5. The van der Waals surface area contributed by atoms with Crippen molar-refractivity contribution < 1.29 is 39.8 Å². The summed E-state index contributed by atoms with van der Waals surface area (Å²) in [5.41, 5.74) is 0. The molecule has 1 fully saturated rings. The lowest BCUT2D eigenvalue weighted by atomic mass is 9.99. The molecule has 0 saturated carbocycles. The van der Waals surface area contributed by atoms with Gasteiger partial charge >= 0.3 is 0 Å². The molecule has 0 aromatic rings. The number of carbonyl (C=O) groups is 1. The molecule has 424 valence electrons. The van der Waals surface area contributed by atoms with Crippen LogP contribution in [0.4, 0.5) is 0 Å². The first-order chi connectivity index (χ1) is 36.3. The molecule has 1 heterocycles. The maximum absolute atomic E-state index is 13.0. The number of hydrogen-bond donors (Lipinski definition) is 6. The van der Waals surface area contributed by atoms with Crippen molar-refractivity contribution in [3.05, 3.63) is 109 Å². The molecule has 1 saturated heterocycles. The Morgan fingerprint density at radius 1 is 0.473 bits per heavy atom. The molecule has 0 spiro atoms. The van der Waals surface area contributed by atoms with E-state index in [0.717, 1.165) is 96.3 Å². The van der Waals surface area contributed by atoms with E-state index in [1.807, 2.05) is 0 Å². The van der Waals surface area contributed by atoms with E-state index in [0.29, 0.717) is 12.8 Å². The van der Waals surface area contributed by atoms with Crippen LogP contribution in [-0.4, -0.2) is 87.5 Å². The topological polar surface area (TPSA) is 149 Å². The molecule has 1 aliphatic heterocycles. The third kappa shape index (κ3) is 42.0. The number of aliphatic hydroxyl groups is 5. The summed E-state index contributed by atoms with van der Waals surface area (Å²) in [6.45, 7) is 3.70. The molecular formula is C65H111NO8. The van der Waals surface area contributed by atoms with Crippen molar-refractivity contribution in [2.24, 2.45) is 0 Å². The van der Waals surface area contributed by atoms with Crippen molar-refractivity contribution in [1.29, 1.82) is 0 Å². The quantitative estimate of drug-likeness (QED) is 0.0261. The van der Waals surface area contributed by atoms with Gasteiger partial charge in [-0.3, -0.25) is 4.79 Å². The first-order valence-electron chi connectivity index (χ1n) is 30.1. The van der Waals surface area contributed by atoms with Crippen molar-refractivity contribution in [2.45, 2.75) is 281 Å². The van der Waals surface area contributed by atoms with Gasteiger partial charge in [0.05, 0.1) is 25.4 Å². The average Bonchev–Trinajstić information content (AvgIpc) is 3.40. The molecule has 9 nitrogen and oxygen atoms in total. The maximum Gasteiger partial charge on any atom is 0.220 e. The van der Waals surface area contributed by atoms with E-state index in [4.69, 9.17) is 9.47 Å². The Kier molecular flexibility index (Phi) is 49.6. The van der Waals surface area contributed by atoms with Crippen LogP contribution in [0.3, 0.4) is 0 Å². The van der Waals surface area contributed by atoms with Crippen molar-refractivity contribution in [3.8, 4) is 0 Å². The Balaban J connectivity index is 2.07. The minimum absolute atomic E-state index is 0.142. The van der Waals surface area contributed by atoms with Gasteiger partial charge < -0.3 is 40.3 Å². The first-order valence-corrected chi connectivity index (χ1v) is 30.1. The Bertz CT molecular complexity index is 1530. The van der Waals surface area contributed by atoms with E-state index >= 15 is 0 Å². The fourth-order valence-electron chi connectivity index (χ4n) is 8.92. The maximum atomic E-state index is 13.0. The zero-order valence-corrected chi connectivity index (χ0v) is 47.1. The van der Waals surface area contributed by atoms with Crippen LogP contribution in [-0.2, 0) is 14.3 Å². The number of allylic oxidation sites excluding steroid dienone is 18. The van der Waals surface area contributed by atoms with Gasteiger partial charge in [0, 0.05) is 6.42 Å². The molecule has 1 aliphatic rings. The highest BCUT2D eigenvalue weighted by Crippen LogP contribution is 2.23. The number of ether oxygens (including phenoxy) is 2. The van der Waals surface area contributed by atoms with Crippen LogP contribution in [0.1, 0.15) is 239 Å². The number of rotatable bonds is 50. The highest BCUT2D eigenvalue weighted by molar-refractivity contribution is 5.76. The monoisotopic (exact) mass is 1030 g/mol. The predicted molar refractivity (Wildman–Crippen MR) is 313 cm³/mol. The fourth-order valence-corrected chi connectivity index (χ4v) is 8.92. The summed E-state index contributed by atoms with van der Waals surface area (Å²) >= 11 is 0. The van der Waals surface area contributed by atoms with Gasteiger partial charge in [-0.15, -0.1) is 0 Å². The van der Waals surface area contributed by atoms with E-state index in [1.54, 1.807) is 0 Å². The molecule has 1 rings (SSSR count). The zero-order valence-electron chi connectivity index (χ0n) is 47.1. The molecule has 0 aromatic heterocycles. The molecule has 7 atom stereocenters. The second-order valence-electron chi connectivity index (χ2n) is 20.4. The van der Waals surface area contributed by atoms with Crippen LogP contribution in [0, 0.1) is 0 Å². The lowest BCUT2D eigenvalue weighted by Crippen LogP contribution is -2.60. The van der Waals surface area contributed by atoms with E-state index < -0.39 is 49.5 Å². The van der Waals surface area contributed by atoms with Gasteiger partial charge in [-0.05, 0) is 83.5 Å². The van der Waals surface area contributed by atoms with Crippen LogP contribution in [0.2, 0.25) is 0 Å². The highest BCUT2D eigenvalue weighted by Gasteiger charge is 2.44.